The number of carbonyl (C=O) groups is 1. The van der Waals surface area contributed by atoms with Crippen molar-refractivity contribution >= 4 is 23.3 Å². The van der Waals surface area contributed by atoms with Crippen LogP contribution in [-0.2, 0) is 0 Å². The Morgan fingerprint density at radius 3 is 2.82 bits per heavy atom. The molecule has 0 saturated heterocycles. The average molecular weight is 255 g/mol. The van der Waals surface area contributed by atoms with Gasteiger partial charge in [0, 0.05) is 0 Å². The van der Waals surface area contributed by atoms with Gasteiger partial charge < -0.3 is 16.3 Å². The quantitative estimate of drug-likeness (QED) is 0.311. The van der Waals surface area contributed by atoms with Crippen LogP contribution in [0.4, 0.5) is 0 Å². The topological polar surface area (TPSA) is 113 Å². The van der Waals surface area contributed by atoms with Gasteiger partial charge in [0.25, 0.3) is 5.91 Å². The van der Waals surface area contributed by atoms with E-state index in [4.69, 9.17) is 10.9 Å². The first-order chi connectivity index (χ1) is 8.18. The second kappa shape index (κ2) is 4.66. The molecule has 1 aliphatic rings. The zero-order valence-corrected chi connectivity index (χ0v) is 9.90. The Morgan fingerprint density at radius 2 is 2.29 bits per heavy atom. The number of amidine groups is 1. The van der Waals surface area contributed by atoms with Crippen molar-refractivity contribution in [1.29, 1.82) is 0 Å². The summed E-state index contributed by atoms with van der Waals surface area (Å²) in [5.41, 5.74) is 4.95. The predicted molar refractivity (Wildman–Crippen MR) is 62.0 cm³/mol. The largest absolute Gasteiger partial charge is 0.409 e. The van der Waals surface area contributed by atoms with Gasteiger partial charge in [-0.2, -0.15) is 0 Å². The molecule has 0 unspecified atom stereocenters. The van der Waals surface area contributed by atoms with E-state index in [1.54, 1.807) is 0 Å². The molecule has 1 aliphatic carbocycles. The van der Waals surface area contributed by atoms with Crippen molar-refractivity contribution in [1.82, 2.24) is 14.9 Å². The number of nitrogens with two attached hydrogens (primary N) is 1. The molecule has 1 aromatic heterocycles. The van der Waals surface area contributed by atoms with Crippen LogP contribution in [0.15, 0.2) is 11.4 Å². The average Bonchev–Trinajstić information content (AvgIpc) is 2.99. The van der Waals surface area contributed by atoms with Gasteiger partial charge in [0.2, 0.25) is 0 Å². The van der Waals surface area contributed by atoms with Crippen molar-refractivity contribution in [2.24, 2.45) is 10.9 Å². The molecule has 1 saturated carbocycles. The maximum absolute atomic E-state index is 11.9. The van der Waals surface area contributed by atoms with Gasteiger partial charge in [-0.05, 0) is 24.4 Å². The van der Waals surface area contributed by atoms with Gasteiger partial charge in [-0.3, -0.25) is 4.79 Å². The van der Waals surface area contributed by atoms with E-state index >= 15 is 0 Å². The predicted octanol–water partition coefficient (Wildman–Crippen LogP) is 0.327. The van der Waals surface area contributed by atoms with Gasteiger partial charge in [0.1, 0.15) is 10.4 Å². The van der Waals surface area contributed by atoms with Crippen LogP contribution in [0.2, 0.25) is 0 Å². The summed E-state index contributed by atoms with van der Waals surface area (Å²) in [5, 5.41) is 18.2. The molecule has 1 heterocycles. The fourth-order valence-electron chi connectivity index (χ4n) is 2.07. The molecule has 0 atom stereocenters. The Balaban J connectivity index is 2.17. The van der Waals surface area contributed by atoms with E-state index < -0.39 is 5.54 Å². The number of carbonyl (C=O) groups excluding carboxylic acids is 1. The number of hydrogen-bond acceptors (Lipinski definition) is 6. The van der Waals surface area contributed by atoms with Gasteiger partial charge in [-0.25, -0.2) is 0 Å². The lowest BCUT2D eigenvalue weighted by molar-refractivity contribution is 0.0926. The van der Waals surface area contributed by atoms with E-state index in [0.29, 0.717) is 17.7 Å². The van der Waals surface area contributed by atoms with Gasteiger partial charge in [0.05, 0.1) is 6.20 Å². The highest BCUT2D eigenvalue weighted by Crippen LogP contribution is 2.30. The van der Waals surface area contributed by atoms with E-state index in [-0.39, 0.29) is 11.7 Å². The Morgan fingerprint density at radius 1 is 1.59 bits per heavy atom. The molecule has 17 heavy (non-hydrogen) atoms. The monoisotopic (exact) mass is 255 g/mol. The van der Waals surface area contributed by atoms with Crippen molar-refractivity contribution in [2.45, 2.75) is 31.2 Å². The molecule has 1 amide bonds. The molecular weight excluding hydrogens is 242 g/mol. The van der Waals surface area contributed by atoms with Crippen molar-refractivity contribution in [3.63, 3.8) is 0 Å². The van der Waals surface area contributed by atoms with Gasteiger partial charge >= 0.3 is 0 Å². The number of nitrogens with one attached hydrogen (secondary N) is 1. The highest BCUT2D eigenvalue weighted by molar-refractivity contribution is 7.07. The van der Waals surface area contributed by atoms with E-state index in [2.05, 4.69) is 20.1 Å². The van der Waals surface area contributed by atoms with Gasteiger partial charge in [0.15, 0.2) is 5.84 Å². The molecule has 92 valence electrons. The summed E-state index contributed by atoms with van der Waals surface area (Å²) in [7, 11) is 0. The highest BCUT2D eigenvalue weighted by atomic mass is 32.1. The zero-order valence-electron chi connectivity index (χ0n) is 9.09. The Hall–Kier alpha value is -1.70. The van der Waals surface area contributed by atoms with E-state index in [9.17, 15) is 4.79 Å². The second-order valence-electron chi connectivity index (χ2n) is 4.01. The fourth-order valence-corrected chi connectivity index (χ4v) is 2.48. The van der Waals surface area contributed by atoms with E-state index in [1.165, 1.54) is 6.20 Å². The fraction of sp³-hybridized carbons (Fsp3) is 0.556. The SMILES string of the molecule is NC(=NO)C1(NC(=O)c2cnns2)CCCC1. The molecule has 1 aromatic rings. The number of aromatic nitrogens is 2. The van der Waals surface area contributed by atoms with Crippen molar-refractivity contribution in [3.8, 4) is 0 Å². The number of nitrogens with zero attached hydrogens (tertiary/aromatic N) is 3. The Bertz CT molecular complexity index is 425. The lowest BCUT2D eigenvalue weighted by Crippen LogP contribution is -2.55. The van der Waals surface area contributed by atoms with Crippen LogP contribution in [0, 0.1) is 0 Å². The number of hydrogen-bond donors (Lipinski definition) is 3. The van der Waals surface area contributed by atoms with Crippen LogP contribution >= 0.6 is 11.5 Å². The third kappa shape index (κ3) is 2.21. The zero-order chi connectivity index (χ0) is 12.3. The maximum Gasteiger partial charge on any atom is 0.265 e. The smallest absolute Gasteiger partial charge is 0.265 e. The number of rotatable bonds is 3. The highest BCUT2D eigenvalue weighted by Gasteiger charge is 2.40. The summed E-state index contributed by atoms with van der Waals surface area (Å²) in [6.07, 6.45) is 4.64. The Labute approximate surface area is 102 Å². The first-order valence-corrected chi connectivity index (χ1v) is 6.03. The molecule has 4 N–H and O–H groups in total. The molecule has 0 radical (unpaired) electrons. The van der Waals surface area contributed by atoms with Gasteiger partial charge in [-0.15, -0.1) is 5.10 Å². The first-order valence-electron chi connectivity index (χ1n) is 5.26. The summed E-state index contributed by atoms with van der Waals surface area (Å²) in [6.45, 7) is 0. The van der Waals surface area contributed by atoms with Crippen LogP contribution in [0.1, 0.15) is 35.4 Å². The Kier molecular flexibility index (Phi) is 3.23. The van der Waals surface area contributed by atoms with E-state index in [0.717, 1.165) is 24.4 Å². The van der Waals surface area contributed by atoms with Crippen molar-refractivity contribution in [2.75, 3.05) is 0 Å². The summed E-state index contributed by atoms with van der Waals surface area (Å²) in [6, 6.07) is 0. The molecule has 0 bridgehead atoms. The normalized spacial score (nSPS) is 19.2. The van der Waals surface area contributed by atoms with Crippen LogP contribution in [0.5, 0.6) is 0 Å². The molecule has 0 aromatic carbocycles. The summed E-state index contributed by atoms with van der Waals surface area (Å²) in [5.74, 6) is -0.227. The third-order valence-electron chi connectivity index (χ3n) is 2.99. The second-order valence-corrected chi connectivity index (χ2v) is 4.80. The molecular formula is C9H13N5O2S. The minimum atomic E-state index is -0.726. The van der Waals surface area contributed by atoms with Crippen LogP contribution in [0.25, 0.3) is 0 Å². The van der Waals surface area contributed by atoms with Gasteiger partial charge in [-0.1, -0.05) is 22.5 Å². The van der Waals surface area contributed by atoms with Crippen molar-refractivity contribution in [3.05, 3.63) is 11.1 Å². The summed E-state index contributed by atoms with van der Waals surface area (Å²) >= 11 is 1.02. The molecule has 8 heteroatoms. The van der Waals surface area contributed by atoms with Crippen LogP contribution in [-0.4, -0.2) is 32.1 Å². The molecule has 1 fully saturated rings. The minimum absolute atomic E-state index is 0.0563. The minimum Gasteiger partial charge on any atom is -0.409 e. The summed E-state index contributed by atoms with van der Waals surface area (Å²) in [4.78, 5) is 12.3. The summed E-state index contributed by atoms with van der Waals surface area (Å²) < 4.78 is 3.63. The third-order valence-corrected chi connectivity index (χ3v) is 3.66. The molecule has 0 aliphatic heterocycles. The molecule has 7 nitrogen and oxygen atoms in total. The van der Waals surface area contributed by atoms with Crippen molar-refractivity contribution < 1.29 is 10.0 Å². The molecule has 2 rings (SSSR count). The maximum atomic E-state index is 11.9. The lowest BCUT2D eigenvalue weighted by atomic mass is 9.96. The standard InChI is InChI=1S/C9H13N5O2S/c10-8(13-16)9(3-1-2-4-9)12-7(15)6-5-11-14-17-6/h5,16H,1-4H2,(H2,10,13)(H,12,15). The first kappa shape index (κ1) is 11.8. The lowest BCUT2D eigenvalue weighted by Gasteiger charge is -2.28. The molecule has 0 spiro atoms. The number of amides is 1. The van der Waals surface area contributed by atoms with Crippen LogP contribution in [0.3, 0.4) is 0 Å². The van der Waals surface area contributed by atoms with E-state index in [1.807, 2.05) is 0 Å². The van der Waals surface area contributed by atoms with Crippen LogP contribution < -0.4 is 11.1 Å². The number of oxime groups is 1.